The van der Waals surface area contributed by atoms with Gasteiger partial charge < -0.3 is 39.8 Å². The van der Waals surface area contributed by atoms with Gasteiger partial charge in [0.15, 0.2) is 41.8 Å². The molecule has 2 unspecified atom stereocenters. The fourth-order valence-electron chi connectivity index (χ4n) is 5.70. The standard InChI is InChI=1S/C20H23FN10O6P2S3/c21-10-15-9(35-20(10)31-6-29-12-17(23)25-4-27-19(12)31)2-42-39(34,41)37-14-7(1-8(13(14)32)36-38(15,33)40)30-5-28-11-16(22)24-3-26-18(11)30/h3-10,13-15,20,32H,1-2H2,(H,33,40)(H,34,41)(H2,22,24,26)(H2,23,25,27)/t7-,8+,9-,10-,13-,14+,15-,20-,38?,39?/m1/s1. The van der Waals surface area contributed by atoms with E-state index in [0.29, 0.717) is 11.2 Å². The van der Waals surface area contributed by atoms with Crippen LogP contribution in [-0.2, 0) is 30.2 Å². The van der Waals surface area contributed by atoms with Gasteiger partial charge in [-0.25, -0.2) is 34.3 Å². The van der Waals surface area contributed by atoms with Crippen molar-refractivity contribution in [2.75, 3.05) is 17.2 Å². The zero-order valence-corrected chi connectivity index (χ0v) is 25.5. The zero-order valence-electron chi connectivity index (χ0n) is 21.1. The molecule has 3 fully saturated rings. The number of nitrogen functional groups attached to an aromatic ring is 2. The van der Waals surface area contributed by atoms with E-state index in [9.17, 15) is 14.6 Å². The Morgan fingerprint density at radius 2 is 1.64 bits per heavy atom. The number of aliphatic hydroxyl groups excluding tert-OH is 1. The summed E-state index contributed by atoms with van der Waals surface area (Å²) in [5.74, 6) is -3.69. The number of alkyl halides is 1. The molecule has 0 radical (unpaired) electrons. The van der Waals surface area contributed by atoms with E-state index in [4.69, 9.17) is 37.1 Å². The van der Waals surface area contributed by atoms with Gasteiger partial charge in [0.05, 0.1) is 36.6 Å². The maximum Gasteiger partial charge on any atom is 0.310 e. The molecule has 4 aromatic rings. The highest BCUT2D eigenvalue weighted by molar-refractivity contribution is 8.84. The minimum Gasteiger partial charge on any atom is -0.388 e. The van der Waals surface area contributed by atoms with Gasteiger partial charge in [-0.1, -0.05) is 23.6 Å². The number of fused-ring (bicyclic) bond motifs is 5. The summed E-state index contributed by atoms with van der Waals surface area (Å²) >= 11 is 10.6. The first-order valence-electron chi connectivity index (χ1n) is 12.5. The molecule has 6 heterocycles. The number of hydrogen-bond acceptors (Lipinski definition) is 15. The summed E-state index contributed by atoms with van der Waals surface area (Å²) in [6.45, 7) is -4.05. The molecule has 0 spiro atoms. The highest BCUT2D eigenvalue weighted by atomic mass is 33.1. The Morgan fingerprint density at radius 3 is 2.31 bits per heavy atom. The Kier molecular flexibility index (Phi) is 7.05. The van der Waals surface area contributed by atoms with E-state index in [1.165, 1.54) is 29.9 Å². The second-order valence-corrected chi connectivity index (χ2v) is 19.9. The molecular weight excluding hydrogens is 653 g/mol. The molecule has 2 aliphatic heterocycles. The SMILES string of the molecule is Nc1ncnc2c1ncn2[C@@H]1C[C@@H]2OP(O)(=S)[C@H]3[C@@H](F)[C@H](n4cnc5c(N)ncnc54)O[C@@H]3CSP(=O)(S)O[C@@H]1[C@@H]2O. The van der Waals surface area contributed by atoms with Crippen LogP contribution < -0.4 is 11.5 Å². The van der Waals surface area contributed by atoms with Crippen molar-refractivity contribution in [1.29, 1.82) is 0 Å². The topological polar surface area (TPSA) is 224 Å². The molecule has 3 aliphatic rings. The van der Waals surface area contributed by atoms with Crippen LogP contribution in [0.2, 0.25) is 0 Å². The molecule has 22 heteroatoms. The number of anilines is 2. The first kappa shape index (κ1) is 28.8. The molecule has 4 aromatic heterocycles. The Morgan fingerprint density at radius 1 is 1.02 bits per heavy atom. The van der Waals surface area contributed by atoms with Crippen molar-refractivity contribution < 1.29 is 32.7 Å². The fraction of sp³-hybridized carbons (Fsp3) is 0.500. The van der Waals surface area contributed by atoms with Crippen LogP contribution in [-0.4, -0.2) is 91.0 Å². The van der Waals surface area contributed by atoms with Crippen molar-refractivity contribution in [3.63, 3.8) is 0 Å². The number of imidazole rings is 2. The van der Waals surface area contributed by atoms with Crippen LogP contribution in [0.4, 0.5) is 16.0 Å². The maximum atomic E-state index is 16.3. The van der Waals surface area contributed by atoms with E-state index in [0.717, 1.165) is 11.4 Å². The lowest BCUT2D eigenvalue weighted by Crippen LogP contribution is -2.35. The van der Waals surface area contributed by atoms with E-state index in [1.807, 2.05) is 0 Å². The average molecular weight is 677 g/mol. The normalized spacial score (nSPS) is 39.0. The molecule has 10 atom stereocenters. The predicted molar refractivity (Wildman–Crippen MR) is 157 cm³/mol. The largest absolute Gasteiger partial charge is 0.388 e. The van der Waals surface area contributed by atoms with Gasteiger partial charge in [0, 0.05) is 12.2 Å². The molecule has 42 heavy (non-hydrogen) atoms. The van der Waals surface area contributed by atoms with Crippen molar-refractivity contribution in [3.05, 3.63) is 25.3 Å². The number of aromatic nitrogens is 8. The maximum absolute atomic E-state index is 16.3. The Balaban J connectivity index is 1.25. The van der Waals surface area contributed by atoms with Gasteiger partial charge in [-0.05, 0) is 11.8 Å². The number of nitrogens with zero attached hydrogens (tertiary/aromatic N) is 8. The second-order valence-electron chi connectivity index (χ2n) is 10.0. The van der Waals surface area contributed by atoms with Gasteiger partial charge in [0.25, 0.3) is 0 Å². The lowest BCUT2D eigenvalue weighted by atomic mass is 10.2. The van der Waals surface area contributed by atoms with Crippen LogP contribution in [0.15, 0.2) is 25.3 Å². The molecule has 1 aliphatic carbocycles. The Hall–Kier alpha value is -1.99. The lowest BCUT2D eigenvalue weighted by molar-refractivity contribution is -0.00778. The van der Waals surface area contributed by atoms with E-state index in [1.54, 1.807) is 4.57 Å². The number of thiol groups is 1. The molecular formula is C20H23FN10O6P2S3. The van der Waals surface area contributed by atoms with Crippen molar-refractivity contribution >= 4 is 81.7 Å². The van der Waals surface area contributed by atoms with Crippen molar-refractivity contribution in [2.24, 2.45) is 0 Å². The number of ether oxygens (including phenoxy) is 1. The van der Waals surface area contributed by atoms with Gasteiger partial charge in [-0.15, -0.1) is 0 Å². The van der Waals surface area contributed by atoms with Crippen LogP contribution in [0.5, 0.6) is 0 Å². The lowest BCUT2D eigenvalue weighted by Gasteiger charge is -2.30. The van der Waals surface area contributed by atoms with Gasteiger partial charge in [-0.3, -0.25) is 9.13 Å². The molecule has 1 saturated carbocycles. The smallest absolute Gasteiger partial charge is 0.310 e. The third-order valence-corrected chi connectivity index (χ3v) is 14.8. The molecule has 6 N–H and O–H groups in total. The summed E-state index contributed by atoms with van der Waals surface area (Å²) in [6.07, 6.45) is -2.72. The molecule has 0 amide bonds. The number of aliphatic hydroxyl groups is 1. The van der Waals surface area contributed by atoms with Crippen LogP contribution >= 0.6 is 35.9 Å². The third-order valence-electron chi connectivity index (χ3n) is 7.59. The Bertz CT molecular complexity index is 1800. The van der Waals surface area contributed by atoms with Crippen molar-refractivity contribution in [3.8, 4) is 0 Å². The van der Waals surface area contributed by atoms with Gasteiger partial charge in [-0.2, -0.15) is 0 Å². The monoisotopic (exact) mass is 676 g/mol. The zero-order chi connectivity index (χ0) is 29.6. The summed E-state index contributed by atoms with van der Waals surface area (Å²) in [5.41, 5.74) is 11.6. The summed E-state index contributed by atoms with van der Waals surface area (Å²) in [7, 11) is 0. The van der Waals surface area contributed by atoms with Crippen LogP contribution in [0.3, 0.4) is 0 Å². The predicted octanol–water partition coefficient (Wildman–Crippen LogP) is 1.60. The summed E-state index contributed by atoms with van der Waals surface area (Å²) in [4.78, 5) is 36.3. The van der Waals surface area contributed by atoms with E-state index >= 15 is 4.39 Å². The van der Waals surface area contributed by atoms with Crippen molar-refractivity contribution in [2.45, 2.75) is 54.9 Å². The number of hydrogen-bond donors (Lipinski definition) is 5. The summed E-state index contributed by atoms with van der Waals surface area (Å²) < 4.78 is 50.9. The number of rotatable bonds is 2. The summed E-state index contributed by atoms with van der Waals surface area (Å²) in [6, 6.07) is -0.730. The average Bonchev–Trinajstić information content (AvgIpc) is 3.69. The van der Waals surface area contributed by atoms with Crippen LogP contribution in [0, 0.1) is 0 Å². The highest BCUT2D eigenvalue weighted by Gasteiger charge is 2.57. The molecule has 0 aromatic carbocycles. The van der Waals surface area contributed by atoms with Crippen molar-refractivity contribution in [1.82, 2.24) is 39.0 Å². The number of halogens is 1. The van der Waals surface area contributed by atoms with E-state index in [-0.39, 0.29) is 35.0 Å². The fourth-order valence-corrected chi connectivity index (χ4v) is 12.4. The molecule has 2 saturated heterocycles. The molecule has 2 bridgehead atoms. The van der Waals surface area contributed by atoms with Crippen LogP contribution in [0.25, 0.3) is 22.3 Å². The van der Waals surface area contributed by atoms with E-state index in [2.05, 4.69) is 42.2 Å². The third kappa shape index (κ3) is 4.63. The summed E-state index contributed by atoms with van der Waals surface area (Å²) in [5, 5.41) is 11.3. The van der Waals surface area contributed by atoms with Gasteiger partial charge >= 0.3 is 5.77 Å². The van der Waals surface area contributed by atoms with Crippen LogP contribution in [0.1, 0.15) is 18.7 Å². The quantitative estimate of drug-likeness (QED) is 0.150. The van der Waals surface area contributed by atoms with Gasteiger partial charge in [0.1, 0.15) is 35.9 Å². The molecule has 16 nitrogen and oxygen atoms in total. The molecule has 224 valence electrons. The second kappa shape index (κ2) is 10.3. The first-order chi connectivity index (χ1) is 19.9. The minimum atomic E-state index is -4.05. The number of nitrogens with two attached hydrogens (primary N) is 2. The molecule has 7 rings (SSSR count). The first-order valence-corrected chi connectivity index (χ1v) is 19.6. The minimum absolute atomic E-state index is 0.0274. The van der Waals surface area contributed by atoms with E-state index < -0.39 is 60.8 Å². The highest BCUT2D eigenvalue weighted by Crippen LogP contribution is 2.69. The van der Waals surface area contributed by atoms with Gasteiger partial charge in [0.2, 0.25) is 0 Å². The Labute approximate surface area is 250 Å².